The number of carbonyl (C=O) groups excluding carboxylic acids is 1. The van der Waals surface area contributed by atoms with Crippen LogP contribution in [0.3, 0.4) is 0 Å². The van der Waals surface area contributed by atoms with Crippen molar-refractivity contribution in [2.24, 2.45) is 11.8 Å². The van der Waals surface area contributed by atoms with E-state index in [-0.39, 0.29) is 5.91 Å². The molecule has 8 heteroatoms. The average Bonchev–Trinajstić information content (AvgIpc) is 3.16. The van der Waals surface area contributed by atoms with Gasteiger partial charge in [0.15, 0.2) is 9.84 Å². The fourth-order valence-corrected chi connectivity index (χ4v) is 6.35. The first-order chi connectivity index (χ1) is 11.9. The van der Waals surface area contributed by atoms with Gasteiger partial charge < -0.3 is 10.2 Å². The number of hydrogen-bond donors (Lipinski definition) is 1. The van der Waals surface area contributed by atoms with Crippen LogP contribution in [0.25, 0.3) is 0 Å². The molecule has 6 nitrogen and oxygen atoms in total. The van der Waals surface area contributed by atoms with Crippen molar-refractivity contribution in [3.8, 4) is 0 Å². The van der Waals surface area contributed by atoms with Gasteiger partial charge in [0.1, 0.15) is 4.88 Å². The van der Waals surface area contributed by atoms with E-state index in [1.165, 1.54) is 11.3 Å². The molecule has 1 atom stereocenters. The van der Waals surface area contributed by atoms with Crippen LogP contribution < -0.4 is 5.32 Å². The van der Waals surface area contributed by atoms with Gasteiger partial charge in [-0.3, -0.25) is 4.79 Å². The van der Waals surface area contributed by atoms with Crippen molar-refractivity contribution in [3.63, 3.8) is 0 Å². The van der Waals surface area contributed by atoms with Crippen LogP contribution in [0.15, 0.2) is 5.51 Å². The molecule has 2 saturated heterocycles. The van der Waals surface area contributed by atoms with Crippen molar-refractivity contribution in [1.82, 2.24) is 15.2 Å². The average molecular weight is 386 g/mol. The van der Waals surface area contributed by atoms with Crippen molar-refractivity contribution < 1.29 is 13.2 Å². The molecule has 0 aromatic carbocycles. The first kappa shape index (κ1) is 18.8. The molecule has 1 N–H and O–H groups in total. The Morgan fingerprint density at radius 3 is 2.68 bits per heavy atom. The number of aromatic nitrogens is 1. The Morgan fingerprint density at radius 2 is 2.08 bits per heavy atom. The summed E-state index contributed by atoms with van der Waals surface area (Å²) in [6, 6.07) is 0. The Bertz CT molecular complexity index is 694. The molecule has 0 aliphatic carbocycles. The Balaban J connectivity index is 1.33. The Morgan fingerprint density at radius 1 is 1.32 bits per heavy atom. The zero-order valence-electron chi connectivity index (χ0n) is 14.7. The van der Waals surface area contributed by atoms with Crippen LogP contribution in [0.4, 0.5) is 0 Å². The molecular weight excluding hydrogens is 358 g/mol. The number of hydrogen-bond acceptors (Lipinski definition) is 6. The molecule has 0 bridgehead atoms. The van der Waals surface area contributed by atoms with E-state index in [1.54, 1.807) is 5.51 Å². The lowest BCUT2D eigenvalue weighted by atomic mass is 9.96. The predicted octanol–water partition coefficient (Wildman–Crippen LogP) is 1.72. The maximum atomic E-state index is 12.1. The number of nitrogens with one attached hydrogen (secondary N) is 1. The number of aryl methyl sites for hydroxylation is 1. The topological polar surface area (TPSA) is 79.4 Å². The molecule has 1 unspecified atom stereocenters. The standard InChI is InChI=1S/C17H27N3O3S2/c1-13-16(24-12-19-13)17(21)18-10-14-2-6-20(7-3-14)8-4-15-5-9-25(22,23)11-15/h12,14-15H,2-11H2,1H3,(H,18,21). The number of amides is 1. The highest BCUT2D eigenvalue weighted by molar-refractivity contribution is 7.91. The molecule has 25 heavy (non-hydrogen) atoms. The van der Waals surface area contributed by atoms with Gasteiger partial charge in [0, 0.05) is 6.54 Å². The fourth-order valence-electron chi connectivity index (χ4n) is 3.72. The van der Waals surface area contributed by atoms with Gasteiger partial charge >= 0.3 is 0 Å². The van der Waals surface area contributed by atoms with Gasteiger partial charge in [-0.15, -0.1) is 11.3 Å². The second-order valence-corrected chi connectivity index (χ2v) is 10.4. The summed E-state index contributed by atoms with van der Waals surface area (Å²) in [5.41, 5.74) is 2.50. The molecule has 0 saturated carbocycles. The summed E-state index contributed by atoms with van der Waals surface area (Å²) in [6.07, 6.45) is 4.00. The molecule has 2 aliphatic heterocycles. The second kappa shape index (κ2) is 8.14. The first-order valence-electron chi connectivity index (χ1n) is 9.04. The second-order valence-electron chi connectivity index (χ2n) is 7.32. The van der Waals surface area contributed by atoms with E-state index in [2.05, 4.69) is 15.2 Å². The maximum absolute atomic E-state index is 12.1. The highest BCUT2D eigenvalue weighted by Crippen LogP contribution is 2.23. The molecule has 0 spiro atoms. The Hall–Kier alpha value is -0.990. The summed E-state index contributed by atoms with van der Waals surface area (Å²) >= 11 is 1.39. The highest BCUT2D eigenvalue weighted by atomic mass is 32.2. The van der Waals surface area contributed by atoms with E-state index < -0.39 is 9.84 Å². The summed E-state index contributed by atoms with van der Waals surface area (Å²) in [5.74, 6) is 1.63. The Labute approximate surface area is 153 Å². The molecule has 0 radical (unpaired) electrons. The van der Waals surface area contributed by atoms with E-state index >= 15 is 0 Å². The zero-order valence-corrected chi connectivity index (χ0v) is 16.4. The van der Waals surface area contributed by atoms with Gasteiger partial charge in [0.25, 0.3) is 5.91 Å². The van der Waals surface area contributed by atoms with Gasteiger partial charge in [-0.25, -0.2) is 13.4 Å². The van der Waals surface area contributed by atoms with Crippen LogP contribution in [0.1, 0.15) is 41.0 Å². The summed E-state index contributed by atoms with van der Waals surface area (Å²) in [4.78, 5) is 19.4. The van der Waals surface area contributed by atoms with Crippen LogP contribution in [0.5, 0.6) is 0 Å². The van der Waals surface area contributed by atoms with Crippen LogP contribution in [0.2, 0.25) is 0 Å². The van der Waals surface area contributed by atoms with Crippen LogP contribution in [-0.4, -0.2) is 61.9 Å². The van der Waals surface area contributed by atoms with E-state index in [1.807, 2.05) is 6.92 Å². The quantitative estimate of drug-likeness (QED) is 0.807. The summed E-state index contributed by atoms with van der Waals surface area (Å²) in [5, 5.41) is 3.04. The number of thiazole rings is 1. The highest BCUT2D eigenvalue weighted by Gasteiger charge is 2.28. The van der Waals surface area contributed by atoms with Gasteiger partial charge in [-0.1, -0.05) is 0 Å². The van der Waals surface area contributed by atoms with E-state index in [9.17, 15) is 13.2 Å². The molecule has 140 valence electrons. The maximum Gasteiger partial charge on any atom is 0.263 e. The molecule has 3 heterocycles. The number of piperidine rings is 1. The molecule has 1 aromatic heterocycles. The van der Waals surface area contributed by atoms with E-state index in [4.69, 9.17) is 0 Å². The van der Waals surface area contributed by atoms with Crippen molar-refractivity contribution in [2.45, 2.75) is 32.6 Å². The minimum Gasteiger partial charge on any atom is -0.351 e. The van der Waals surface area contributed by atoms with Gasteiger partial charge in [-0.2, -0.15) is 0 Å². The normalized spacial score (nSPS) is 24.4. The molecular formula is C17H27N3O3S2. The monoisotopic (exact) mass is 385 g/mol. The SMILES string of the molecule is Cc1ncsc1C(=O)NCC1CCN(CCC2CCS(=O)(=O)C2)CC1. The van der Waals surface area contributed by atoms with Gasteiger partial charge in [0.05, 0.1) is 22.7 Å². The third-order valence-corrected chi connectivity index (χ3v) is 8.15. The van der Waals surface area contributed by atoms with Crippen molar-refractivity contribution >= 4 is 27.1 Å². The number of likely N-dealkylation sites (tertiary alicyclic amines) is 1. The fraction of sp³-hybridized carbons (Fsp3) is 0.765. The minimum absolute atomic E-state index is 0.00938. The smallest absolute Gasteiger partial charge is 0.263 e. The van der Waals surface area contributed by atoms with Crippen LogP contribution in [0, 0.1) is 18.8 Å². The summed E-state index contributed by atoms with van der Waals surface area (Å²) in [7, 11) is -2.76. The van der Waals surface area contributed by atoms with Crippen LogP contribution >= 0.6 is 11.3 Å². The molecule has 2 aliphatic rings. The van der Waals surface area contributed by atoms with Crippen LogP contribution in [-0.2, 0) is 9.84 Å². The zero-order chi connectivity index (χ0) is 17.9. The predicted molar refractivity (Wildman–Crippen MR) is 99.7 cm³/mol. The molecule has 1 aromatic rings. The third-order valence-electron chi connectivity index (χ3n) is 5.39. The lowest BCUT2D eigenvalue weighted by Crippen LogP contribution is -2.39. The number of nitrogens with zero attached hydrogens (tertiary/aromatic N) is 2. The molecule has 1 amide bonds. The largest absolute Gasteiger partial charge is 0.351 e. The van der Waals surface area contributed by atoms with E-state index in [0.29, 0.717) is 28.2 Å². The minimum atomic E-state index is -2.76. The number of carbonyl (C=O) groups is 1. The number of sulfone groups is 1. The Kier molecular flexibility index (Phi) is 6.12. The summed E-state index contributed by atoms with van der Waals surface area (Å²) in [6.45, 7) is 5.67. The summed E-state index contributed by atoms with van der Waals surface area (Å²) < 4.78 is 23.0. The third kappa shape index (κ3) is 5.24. The van der Waals surface area contributed by atoms with Gasteiger partial charge in [-0.05, 0) is 64.1 Å². The first-order valence-corrected chi connectivity index (χ1v) is 11.7. The lowest BCUT2D eigenvalue weighted by molar-refractivity contribution is 0.0938. The molecule has 2 fully saturated rings. The van der Waals surface area contributed by atoms with Crippen molar-refractivity contribution in [2.75, 3.05) is 37.7 Å². The number of rotatable bonds is 6. The molecule has 3 rings (SSSR count). The van der Waals surface area contributed by atoms with Gasteiger partial charge in [0.2, 0.25) is 0 Å². The van der Waals surface area contributed by atoms with Crippen molar-refractivity contribution in [3.05, 3.63) is 16.1 Å². The lowest BCUT2D eigenvalue weighted by Gasteiger charge is -2.32. The van der Waals surface area contributed by atoms with E-state index in [0.717, 1.165) is 57.6 Å². The van der Waals surface area contributed by atoms with Crippen molar-refractivity contribution in [1.29, 1.82) is 0 Å².